The normalized spacial score (nSPS) is 13.4. The lowest BCUT2D eigenvalue weighted by Gasteiger charge is -2.08. The molecule has 2 N–H and O–H groups in total. The summed E-state index contributed by atoms with van der Waals surface area (Å²) < 4.78 is 1.96. The van der Waals surface area contributed by atoms with Crippen LogP contribution in [0.1, 0.15) is 11.9 Å². The molecule has 3 nitrogen and oxygen atoms in total. The topological polar surface area (TPSA) is 43.8 Å². The van der Waals surface area contributed by atoms with Crippen molar-refractivity contribution in [2.75, 3.05) is 12.0 Å². The molecule has 0 amide bonds. The number of aromatic nitrogens is 2. The van der Waals surface area contributed by atoms with Crippen molar-refractivity contribution in [1.82, 2.24) is 9.55 Å². The SMILES string of the molecule is CSCC(N)c1nccn1C. The second-order valence-electron chi connectivity index (χ2n) is 2.46. The number of aryl methyl sites for hydroxylation is 1. The molecule has 0 aliphatic rings. The van der Waals surface area contributed by atoms with Gasteiger partial charge in [0, 0.05) is 25.2 Å². The van der Waals surface area contributed by atoms with Crippen LogP contribution in [0.25, 0.3) is 0 Å². The number of hydrogen-bond acceptors (Lipinski definition) is 3. The van der Waals surface area contributed by atoms with Gasteiger partial charge in [0.1, 0.15) is 5.82 Å². The van der Waals surface area contributed by atoms with Gasteiger partial charge in [-0.25, -0.2) is 4.98 Å². The minimum Gasteiger partial charge on any atom is -0.337 e. The lowest BCUT2D eigenvalue weighted by atomic mass is 10.3. The number of imidazole rings is 1. The van der Waals surface area contributed by atoms with Crippen molar-refractivity contribution < 1.29 is 0 Å². The highest BCUT2D eigenvalue weighted by molar-refractivity contribution is 7.98. The van der Waals surface area contributed by atoms with Crippen LogP contribution in [0.4, 0.5) is 0 Å². The Kier molecular flexibility index (Phi) is 2.96. The Bertz CT molecular complexity index is 221. The Morgan fingerprint density at radius 2 is 2.55 bits per heavy atom. The van der Waals surface area contributed by atoms with E-state index in [1.54, 1.807) is 18.0 Å². The highest BCUT2D eigenvalue weighted by Gasteiger charge is 2.08. The summed E-state index contributed by atoms with van der Waals surface area (Å²) in [6, 6.07) is 0.0602. The van der Waals surface area contributed by atoms with Crippen molar-refractivity contribution in [2.24, 2.45) is 12.8 Å². The fourth-order valence-corrected chi connectivity index (χ4v) is 1.50. The van der Waals surface area contributed by atoms with E-state index < -0.39 is 0 Å². The molecule has 0 fully saturated rings. The number of thioether (sulfide) groups is 1. The summed E-state index contributed by atoms with van der Waals surface area (Å²) in [5.41, 5.74) is 5.85. The van der Waals surface area contributed by atoms with Crippen molar-refractivity contribution >= 4 is 11.8 Å². The zero-order valence-electron chi connectivity index (χ0n) is 6.82. The molecule has 1 unspecified atom stereocenters. The van der Waals surface area contributed by atoms with Crippen LogP contribution in [0.2, 0.25) is 0 Å². The van der Waals surface area contributed by atoms with Crippen LogP contribution in [0.5, 0.6) is 0 Å². The lowest BCUT2D eigenvalue weighted by Crippen LogP contribution is -2.17. The first kappa shape index (κ1) is 8.62. The minimum absolute atomic E-state index is 0.0602. The average molecular weight is 171 g/mol. The third kappa shape index (κ3) is 1.97. The summed E-state index contributed by atoms with van der Waals surface area (Å²) >= 11 is 1.74. The second kappa shape index (κ2) is 3.78. The van der Waals surface area contributed by atoms with Gasteiger partial charge in [-0.05, 0) is 6.26 Å². The monoisotopic (exact) mass is 171 g/mol. The minimum atomic E-state index is 0.0602. The van der Waals surface area contributed by atoms with Gasteiger partial charge in [-0.1, -0.05) is 0 Å². The third-order valence-electron chi connectivity index (χ3n) is 1.54. The van der Waals surface area contributed by atoms with Crippen LogP contribution >= 0.6 is 11.8 Å². The molecule has 1 heterocycles. The quantitative estimate of drug-likeness (QED) is 0.731. The average Bonchev–Trinajstić information content (AvgIpc) is 2.36. The summed E-state index contributed by atoms with van der Waals surface area (Å²) in [7, 11) is 1.96. The standard InChI is InChI=1S/C7H13N3S/c1-10-4-3-9-7(10)6(8)5-11-2/h3-4,6H,5,8H2,1-2H3. The van der Waals surface area contributed by atoms with E-state index in [-0.39, 0.29) is 6.04 Å². The summed E-state index contributed by atoms with van der Waals surface area (Å²) in [5, 5.41) is 0. The zero-order valence-corrected chi connectivity index (χ0v) is 7.64. The molecule has 1 aromatic rings. The van der Waals surface area contributed by atoms with Gasteiger partial charge >= 0.3 is 0 Å². The van der Waals surface area contributed by atoms with E-state index in [1.807, 2.05) is 24.1 Å². The molecule has 0 saturated heterocycles. The van der Waals surface area contributed by atoms with E-state index in [0.717, 1.165) is 11.6 Å². The van der Waals surface area contributed by atoms with Gasteiger partial charge in [0.25, 0.3) is 0 Å². The predicted octanol–water partition coefficient (Wildman–Crippen LogP) is 0.783. The maximum Gasteiger partial charge on any atom is 0.126 e. The molecule has 0 aromatic carbocycles. The first-order valence-electron chi connectivity index (χ1n) is 3.47. The molecule has 0 bridgehead atoms. The molecular weight excluding hydrogens is 158 g/mol. The molecule has 0 aliphatic heterocycles. The van der Waals surface area contributed by atoms with Crippen molar-refractivity contribution in [3.63, 3.8) is 0 Å². The predicted molar refractivity (Wildman–Crippen MR) is 48.5 cm³/mol. The highest BCUT2D eigenvalue weighted by Crippen LogP contribution is 2.10. The van der Waals surface area contributed by atoms with Crippen LogP contribution in [-0.2, 0) is 7.05 Å². The van der Waals surface area contributed by atoms with Gasteiger partial charge < -0.3 is 10.3 Å². The maximum atomic E-state index is 5.85. The van der Waals surface area contributed by atoms with Gasteiger partial charge in [-0.3, -0.25) is 0 Å². The molecule has 0 radical (unpaired) electrons. The fraction of sp³-hybridized carbons (Fsp3) is 0.571. The van der Waals surface area contributed by atoms with Gasteiger partial charge in [0.05, 0.1) is 6.04 Å². The van der Waals surface area contributed by atoms with E-state index in [4.69, 9.17) is 5.73 Å². The van der Waals surface area contributed by atoms with Crippen molar-refractivity contribution in [3.05, 3.63) is 18.2 Å². The smallest absolute Gasteiger partial charge is 0.126 e. The summed E-state index contributed by atoms with van der Waals surface area (Å²) in [5.74, 6) is 1.88. The van der Waals surface area contributed by atoms with Crippen LogP contribution in [0, 0.1) is 0 Å². The molecule has 4 heteroatoms. The number of rotatable bonds is 3. The van der Waals surface area contributed by atoms with Gasteiger partial charge in [0.2, 0.25) is 0 Å². The Hall–Kier alpha value is -0.480. The molecule has 11 heavy (non-hydrogen) atoms. The Morgan fingerprint density at radius 1 is 1.82 bits per heavy atom. The molecular formula is C7H13N3S. The van der Waals surface area contributed by atoms with Gasteiger partial charge in [-0.2, -0.15) is 11.8 Å². The Labute approximate surface area is 71.0 Å². The molecule has 0 spiro atoms. The number of hydrogen-bond donors (Lipinski definition) is 1. The number of nitrogens with zero attached hydrogens (tertiary/aromatic N) is 2. The van der Waals surface area contributed by atoms with E-state index in [1.165, 1.54) is 0 Å². The lowest BCUT2D eigenvalue weighted by molar-refractivity contribution is 0.694. The highest BCUT2D eigenvalue weighted by atomic mass is 32.2. The van der Waals surface area contributed by atoms with Crippen molar-refractivity contribution in [1.29, 1.82) is 0 Å². The van der Waals surface area contributed by atoms with E-state index in [9.17, 15) is 0 Å². The van der Waals surface area contributed by atoms with Gasteiger partial charge in [-0.15, -0.1) is 0 Å². The first-order chi connectivity index (χ1) is 5.25. The molecule has 1 rings (SSSR count). The van der Waals surface area contributed by atoms with Crippen molar-refractivity contribution in [2.45, 2.75) is 6.04 Å². The third-order valence-corrected chi connectivity index (χ3v) is 2.23. The summed E-state index contributed by atoms with van der Waals surface area (Å²) in [4.78, 5) is 4.16. The van der Waals surface area contributed by atoms with Gasteiger partial charge in [0.15, 0.2) is 0 Å². The molecule has 0 saturated carbocycles. The first-order valence-corrected chi connectivity index (χ1v) is 4.87. The Balaban J connectivity index is 2.67. The number of nitrogens with two attached hydrogens (primary N) is 1. The van der Waals surface area contributed by atoms with E-state index in [0.29, 0.717) is 0 Å². The molecule has 0 aliphatic carbocycles. The van der Waals surface area contributed by atoms with Crippen LogP contribution in [0.3, 0.4) is 0 Å². The molecule has 1 aromatic heterocycles. The summed E-state index contributed by atoms with van der Waals surface area (Å²) in [6.07, 6.45) is 5.73. The van der Waals surface area contributed by atoms with E-state index in [2.05, 4.69) is 4.98 Å². The Morgan fingerprint density at radius 3 is 3.00 bits per heavy atom. The molecule has 1 atom stereocenters. The van der Waals surface area contributed by atoms with Crippen LogP contribution < -0.4 is 5.73 Å². The second-order valence-corrected chi connectivity index (χ2v) is 3.37. The fourth-order valence-electron chi connectivity index (χ4n) is 0.989. The maximum absolute atomic E-state index is 5.85. The molecule has 62 valence electrons. The van der Waals surface area contributed by atoms with Crippen LogP contribution in [0.15, 0.2) is 12.4 Å². The van der Waals surface area contributed by atoms with E-state index >= 15 is 0 Å². The van der Waals surface area contributed by atoms with Crippen molar-refractivity contribution in [3.8, 4) is 0 Å². The zero-order chi connectivity index (χ0) is 8.27. The van der Waals surface area contributed by atoms with Crippen LogP contribution in [-0.4, -0.2) is 21.6 Å². The summed E-state index contributed by atoms with van der Waals surface area (Å²) in [6.45, 7) is 0. The largest absolute Gasteiger partial charge is 0.337 e.